The van der Waals surface area contributed by atoms with Crippen LogP contribution in [0.1, 0.15) is 25.0 Å². The van der Waals surface area contributed by atoms with Crippen molar-refractivity contribution in [2.45, 2.75) is 20.4 Å². The molecular formula is C25H22ClNO4S. The zero-order valence-electron chi connectivity index (χ0n) is 17.8. The Labute approximate surface area is 195 Å². The molecule has 1 saturated heterocycles. The van der Waals surface area contributed by atoms with Gasteiger partial charge < -0.3 is 9.47 Å². The highest BCUT2D eigenvalue weighted by molar-refractivity contribution is 8.18. The van der Waals surface area contributed by atoms with E-state index in [4.69, 9.17) is 21.1 Å². The molecule has 0 unspecified atom stereocenters. The average molecular weight is 468 g/mol. The van der Waals surface area contributed by atoms with Gasteiger partial charge in [-0.2, -0.15) is 0 Å². The minimum absolute atomic E-state index is 0.172. The van der Waals surface area contributed by atoms with Crippen LogP contribution in [0.2, 0.25) is 5.02 Å². The summed E-state index contributed by atoms with van der Waals surface area (Å²) in [4.78, 5) is 27.3. The molecule has 3 aromatic rings. The Hall–Kier alpha value is -2.96. The number of ether oxygens (including phenoxy) is 2. The molecule has 0 aromatic heterocycles. The molecule has 4 rings (SSSR count). The SMILES string of the molecule is CCOc1ccc2ccc(OCC)c(/C=C3\SC(=O)N(Cc4cccc(Cl)c4)C3=O)c2c1. The molecule has 7 heteroatoms. The zero-order chi connectivity index (χ0) is 22.7. The van der Waals surface area contributed by atoms with Gasteiger partial charge in [0.2, 0.25) is 0 Å². The van der Waals surface area contributed by atoms with Crippen LogP contribution in [0.15, 0.2) is 59.5 Å². The summed E-state index contributed by atoms with van der Waals surface area (Å²) in [5.41, 5.74) is 1.54. The number of hydrogen-bond donors (Lipinski definition) is 0. The van der Waals surface area contributed by atoms with Gasteiger partial charge in [0.25, 0.3) is 11.1 Å². The predicted molar refractivity (Wildman–Crippen MR) is 129 cm³/mol. The van der Waals surface area contributed by atoms with Crippen LogP contribution in [0.3, 0.4) is 0 Å². The van der Waals surface area contributed by atoms with Crippen molar-refractivity contribution in [3.05, 3.63) is 75.7 Å². The molecule has 0 spiro atoms. The van der Waals surface area contributed by atoms with Gasteiger partial charge in [-0.25, -0.2) is 0 Å². The van der Waals surface area contributed by atoms with Gasteiger partial charge in [-0.15, -0.1) is 0 Å². The molecule has 5 nitrogen and oxygen atoms in total. The summed E-state index contributed by atoms with van der Waals surface area (Å²) in [7, 11) is 0. The molecule has 3 aromatic carbocycles. The summed E-state index contributed by atoms with van der Waals surface area (Å²) in [6.07, 6.45) is 1.74. The monoisotopic (exact) mass is 467 g/mol. The van der Waals surface area contributed by atoms with Gasteiger partial charge in [0.15, 0.2) is 0 Å². The van der Waals surface area contributed by atoms with E-state index in [1.54, 1.807) is 24.3 Å². The Morgan fingerprint density at radius 1 is 1.00 bits per heavy atom. The van der Waals surface area contributed by atoms with E-state index < -0.39 is 0 Å². The number of hydrogen-bond acceptors (Lipinski definition) is 5. The molecule has 0 N–H and O–H groups in total. The zero-order valence-corrected chi connectivity index (χ0v) is 19.3. The standard InChI is InChI=1S/C25H22ClNO4S/c1-3-30-19-10-8-17-9-11-22(31-4-2)21(20(17)13-19)14-23-24(28)27(25(29)32-23)15-16-6-5-7-18(26)12-16/h5-14H,3-4,15H2,1-2H3/b23-14-. The molecule has 1 aliphatic heterocycles. The summed E-state index contributed by atoms with van der Waals surface area (Å²) >= 11 is 6.98. The van der Waals surface area contributed by atoms with Crippen molar-refractivity contribution in [2.75, 3.05) is 13.2 Å². The van der Waals surface area contributed by atoms with Gasteiger partial charge >= 0.3 is 0 Å². The highest BCUT2D eigenvalue weighted by atomic mass is 35.5. The van der Waals surface area contributed by atoms with Gasteiger partial charge in [-0.05, 0) is 78.4 Å². The Morgan fingerprint density at radius 3 is 2.53 bits per heavy atom. The Bertz CT molecular complexity index is 1220. The lowest BCUT2D eigenvalue weighted by atomic mass is 10.0. The number of nitrogens with zero attached hydrogens (tertiary/aromatic N) is 1. The minimum atomic E-state index is -0.333. The lowest BCUT2D eigenvalue weighted by molar-refractivity contribution is -0.123. The molecule has 1 heterocycles. The highest BCUT2D eigenvalue weighted by Gasteiger charge is 2.35. The molecule has 0 atom stereocenters. The van der Waals surface area contributed by atoms with Crippen molar-refractivity contribution in [1.82, 2.24) is 4.90 Å². The van der Waals surface area contributed by atoms with Crippen molar-refractivity contribution in [3.8, 4) is 11.5 Å². The topological polar surface area (TPSA) is 55.8 Å². The van der Waals surface area contributed by atoms with Gasteiger partial charge in [-0.1, -0.05) is 35.9 Å². The first-order valence-electron chi connectivity index (χ1n) is 10.3. The predicted octanol–water partition coefficient (Wildman–Crippen LogP) is 6.53. The van der Waals surface area contributed by atoms with E-state index >= 15 is 0 Å². The Balaban J connectivity index is 1.74. The third kappa shape index (κ3) is 4.61. The molecular weight excluding hydrogens is 446 g/mol. The van der Waals surface area contributed by atoms with Crippen molar-refractivity contribution in [3.63, 3.8) is 0 Å². The summed E-state index contributed by atoms with van der Waals surface area (Å²) in [5, 5.41) is 2.13. The minimum Gasteiger partial charge on any atom is -0.494 e. The number of halogens is 1. The number of carbonyl (C=O) groups excluding carboxylic acids is 2. The molecule has 0 radical (unpaired) electrons. The van der Waals surface area contributed by atoms with Crippen molar-refractivity contribution in [1.29, 1.82) is 0 Å². The van der Waals surface area contributed by atoms with E-state index in [0.29, 0.717) is 28.9 Å². The lowest BCUT2D eigenvalue weighted by Crippen LogP contribution is -2.27. The van der Waals surface area contributed by atoms with E-state index in [9.17, 15) is 9.59 Å². The van der Waals surface area contributed by atoms with E-state index in [-0.39, 0.29) is 17.7 Å². The number of benzene rings is 3. The number of imide groups is 1. The third-order valence-electron chi connectivity index (χ3n) is 4.98. The first-order chi connectivity index (χ1) is 15.5. The fourth-order valence-corrected chi connectivity index (χ4v) is 4.61. The van der Waals surface area contributed by atoms with Crippen molar-refractivity contribution >= 4 is 51.4 Å². The largest absolute Gasteiger partial charge is 0.494 e. The summed E-state index contributed by atoms with van der Waals surface area (Å²) in [6.45, 7) is 5.04. The van der Waals surface area contributed by atoms with Crippen LogP contribution >= 0.6 is 23.4 Å². The van der Waals surface area contributed by atoms with Crippen LogP contribution < -0.4 is 9.47 Å². The van der Waals surface area contributed by atoms with Crippen LogP contribution in [0.25, 0.3) is 16.8 Å². The highest BCUT2D eigenvalue weighted by Crippen LogP contribution is 2.38. The lowest BCUT2D eigenvalue weighted by Gasteiger charge is -2.13. The van der Waals surface area contributed by atoms with Crippen molar-refractivity contribution in [2.24, 2.45) is 0 Å². The van der Waals surface area contributed by atoms with Gasteiger partial charge in [0, 0.05) is 10.6 Å². The molecule has 1 fully saturated rings. The molecule has 0 saturated carbocycles. The van der Waals surface area contributed by atoms with Crippen LogP contribution in [-0.4, -0.2) is 29.3 Å². The first kappa shape index (κ1) is 22.2. The fourth-order valence-electron chi connectivity index (χ4n) is 3.57. The summed E-state index contributed by atoms with van der Waals surface area (Å²) < 4.78 is 11.5. The van der Waals surface area contributed by atoms with Gasteiger partial charge in [0.1, 0.15) is 11.5 Å². The third-order valence-corrected chi connectivity index (χ3v) is 6.13. The van der Waals surface area contributed by atoms with Gasteiger partial charge in [-0.3, -0.25) is 14.5 Å². The van der Waals surface area contributed by atoms with Crippen LogP contribution in [0.4, 0.5) is 4.79 Å². The molecule has 32 heavy (non-hydrogen) atoms. The second-order valence-corrected chi connectivity index (χ2v) is 8.55. The number of thioether (sulfide) groups is 1. The number of carbonyl (C=O) groups is 2. The smallest absolute Gasteiger partial charge is 0.293 e. The van der Waals surface area contributed by atoms with Crippen LogP contribution in [-0.2, 0) is 11.3 Å². The maximum absolute atomic E-state index is 13.1. The maximum Gasteiger partial charge on any atom is 0.293 e. The Morgan fingerprint density at radius 2 is 1.78 bits per heavy atom. The fraction of sp³-hybridized carbons (Fsp3) is 0.200. The van der Waals surface area contributed by atoms with Gasteiger partial charge in [0.05, 0.1) is 24.7 Å². The molecule has 0 bridgehead atoms. The molecule has 0 aliphatic carbocycles. The molecule has 164 valence electrons. The molecule has 2 amide bonds. The normalized spacial score (nSPS) is 15.1. The average Bonchev–Trinajstić information content (AvgIpc) is 3.03. The second kappa shape index (κ2) is 9.67. The second-order valence-electron chi connectivity index (χ2n) is 7.12. The number of amides is 2. The van der Waals surface area contributed by atoms with E-state index in [0.717, 1.165) is 39.4 Å². The van der Waals surface area contributed by atoms with E-state index in [2.05, 4.69) is 0 Å². The quantitative estimate of drug-likeness (QED) is 0.370. The van der Waals surface area contributed by atoms with E-state index in [1.807, 2.05) is 50.2 Å². The van der Waals surface area contributed by atoms with Crippen LogP contribution in [0, 0.1) is 0 Å². The Kier molecular flexibility index (Phi) is 6.72. The first-order valence-corrected chi connectivity index (χ1v) is 11.5. The summed E-state index contributed by atoms with van der Waals surface area (Å²) in [6, 6.07) is 16.8. The van der Waals surface area contributed by atoms with Crippen molar-refractivity contribution < 1.29 is 19.1 Å². The number of rotatable bonds is 7. The number of fused-ring (bicyclic) bond motifs is 1. The van der Waals surface area contributed by atoms with Crippen LogP contribution in [0.5, 0.6) is 11.5 Å². The molecule has 1 aliphatic rings. The maximum atomic E-state index is 13.1. The summed E-state index contributed by atoms with van der Waals surface area (Å²) in [5.74, 6) is 1.05. The van der Waals surface area contributed by atoms with E-state index in [1.165, 1.54) is 4.90 Å².